The normalized spacial score (nSPS) is 32.6. The monoisotopic (exact) mass is 337 g/mol. The number of hydrogen-bond donors (Lipinski definition) is 1. The fourth-order valence-corrected chi connectivity index (χ4v) is 3.36. The number of carboxylic acid groups (broad SMARTS) is 1. The second-order valence-corrected chi connectivity index (χ2v) is 6.54. The van der Waals surface area contributed by atoms with Crippen LogP contribution in [0.4, 0.5) is 13.2 Å². The van der Waals surface area contributed by atoms with Crippen molar-refractivity contribution in [3.63, 3.8) is 0 Å². The summed E-state index contributed by atoms with van der Waals surface area (Å²) in [5.74, 6) is -2.61. The third-order valence-corrected chi connectivity index (χ3v) is 4.66. The molecule has 2 fully saturated rings. The van der Waals surface area contributed by atoms with Gasteiger partial charge in [0, 0.05) is 13.0 Å². The van der Waals surface area contributed by atoms with E-state index in [1.165, 1.54) is 4.90 Å². The van der Waals surface area contributed by atoms with Crippen LogP contribution in [0, 0.1) is 11.8 Å². The molecule has 0 radical (unpaired) electrons. The first-order chi connectivity index (χ1) is 10.7. The predicted octanol–water partition coefficient (Wildman–Crippen LogP) is 2.45. The van der Waals surface area contributed by atoms with Gasteiger partial charge in [0.15, 0.2) is 6.10 Å². The van der Waals surface area contributed by atoms with Crippen molar-refractivity contribution >= 4 is 11.9 Å². The lowest BCUT2D eigenvalue weighted by molar-refractivity contribution is -0.184. The molecule has 1 unspecified atom stereocenters. The summed E-state index contributed by atoms with van der Waals surface area (Å²) in [4.78, 5) is 24.8. The van der Waals surface area contributed by atoms with Crippen LogP contribution >= 0.6 is 0 Å². The average molecular weight is 337 g/mol. The van der Waals surface area contributed by atoms with Crippen LogP contribution in [0.15, 0.2) is 0 Å². The zero-order chi connectivity index (χ0) is 17.2. The number of aliphatic carboxylic acids is 1. The molecule has 1 N–H and O–H groups in total. The Kier molecular flexibility index (Phi) is 5.54. The van der Waals surface area contributed by atoms with Crippen LogP contribution < -0.4 is 0 Å². The van der Waals surface area contributed by atoms with E-state index in [1.54, 1.807) is 6.92 Å². The Morgan fingerprint density at radius 3 is 2.30 bits per heavy atom. The number of hydrogen-bond acceptors (Lipinski definition) is 3. The number of nitrogens with zero attached hydrogens (tertiary/aromatic N) is 1. The third kappa shape index (κ3) is 4.83. The van der Waals surface area contributed by atoms with Crippen molar-refractivity contribution in [1.82, 2.24) is 4.90 Å². The van der Waals surface area contributed by atoms with E-state index in [4.69, 9.17) is 9.84 Å². The van der Waals surface area contributed by atoms with Gasteiger partial charge in [-0.2, -0.15) is 13.2 Å². The zero-order valence-electron chi connectivity index (χ0n) is 13.0. The Bertz CT molecular complexity index is 446. The van der Waals surface area contributed by atoms with Crippen LogP contribution in [-0.4, -0.2) is 53.4 Å². The molecule has 2 aliphatic rings. The van der Waals surface area contributed by atoms with E-state index in [9.17, 15) is 22.8 Å². The molecule has 5 nitrogen and oxygen atoms in total. The van der Waals surface area contributed by atoms with Crippen LogP contribution in [0.1, 0.15) is 39.0 Å². The standard InChI is InChI=1S/C15H22F3NO4/c1-9-7-19(8-12(23-9)14(21)22)13(20)6-10-2-4-11(5-3-10)15(16,17)18/h9-12H,2-8H2,1H3,(H,21,22)/t9-,10?,11?,12?/m1/s1. The number of carboxylic acids is 1. The summed E-state index contributed by atoms with van der Waals surface area (Å²) in [6.07, 6.45) is -4.46. The first-order valence-corrected chi connectivity index (χ1v) is 7.89. The van der Waals surface area contributed by atoms with Gasteiger partial charge >= 0.3 is 12.1 Å². The quantitative estimate of drug-likeness (QED) is 0.859. The molecule has 0 aromatic rings. The first kappa shape index (κ1) is 18.0. The molecule has 1 heterocycles. The molecule has 132 valence electrons. The van der Waals surface area contributed by atoms with Crippen LogP contribution in [-0.2, 0) is 14.3 Å². The molecule has 23 heavy (non-hydrogen) atoms. The van der Waals surface area contributed by atoms with Crippen LogP contribution in [0.5, 0.6) is 0 Å². The lowest BCUT2D eigenvalue weighted by Crippen LogP contribution is -2.52. The van der Waals surface area contributed by atoms with Gasteiger partial charge in [-0.05, 0) is 38.5 Å². The lowest BCUT2D eigenvalue weighted by atomic mass is 9.80. The summed E-state index contributed by atoms with van der Waals surface area (Å²) in [5.41, 5.74) is 0. The second-order valence-electron chi connectivity index (χ2n) is 6.54. The predicted molar refractivity (Wildman–Crippen MR) is 74.7 cm³/mol. The van der Waals surface area contributed by atoms with Gasteiger partial charge in [0.1, 0.15) is 0 Å². The Morgan fingerprint density at radius 2 is 1.78 bits per heavy atom. The number of ether oxygens (including phenoxy) is 1. The van der Waals surface area contributed by atoms with Gasteiger partial charge < -0.3 is 14.7 Å². The van der Waals surface area contributed by atoms with Crippen molar-refractivity contribution in [3.8, 4) is 0 Å². The van der Waals surface area contributed by atoms with Gasteiger partial charge in [-0.3, -0.25) is 4.79 Å². The highest BCUT2D eigenvalue weighted by molar-refractivity contribution is 5.79. The van der Waals surface area contributed by atoms with Gasteiger partial charge in [0.2, 0.25) is 5.91 Å². The molecule has 1 saturated heterocycles. The molecular weight excluding hydrogens is 315 g/mol. The third-order valence-electron chi connectivity index (χ3n) is 4.66. The number of rotatable bonds is 3. The Balaban J connectivity index is 1.84. The first-order valence-electron chi connectivity index (χ1n) is 7.89. The largest absolute Gasteiger partial charge is 0.479 e. The fraction of sp³-hybridized carbons (Fsp3) is 0.867. The van der Waals surface area contributed by atoms with Crippen molar-refractivity contribution in [3.05, 3.63) is 0 Å². The Morgan fingerprint density at radius 1 is 1.17 bits per heavy atom. The highest BCUT2D eigenvalue weighted by Crippen LogP contribution is 2.40. The topological polar surface area (TPSA) is 66.8 Å². The minimum Gasteiger partial charge on any atom is -0.479 e. The van der Waals surface area contributed by atoms with E-state index < -0.39 is 24.2 Å². The maximum atomic E-state index is 12.6. The summed E-state index contributed by atoms with van der Waals surface area (Å²) < 4.78 is 43.2. The molecule has 0 bridgehead atoms. The van der Waals surface area contributed by atoms with Gasteiger partial charge in [0.05, 0.1) is 18.6 Å². The molecule has 0 aromatic carbocycles. The zero-order valence-corrected chi connectivity index (χ0v) is 13.0. The van der Waals surface area contributed by atoms with Gasteiger partial charge in [-0.25, -0.2) is 4.79 Å². The summed E-state index contributed by atoms with van der Waals surface area (Å²) in [5, 5.41) is 9.01. The molecule has 1 aliphatic carbocycles. The van der Waals surface area contributed by atoms with Gasteiger partial charge in [0.25, 0.3) is 0 Å². The van der Waals surface area contributed by atoms with Crippen molar-refractivity contribution in [2.45, 2.75) is 57.4 Å². The molecule has 0 aromatic heterocycles. The number of halogens is 3. The molecular formula is C15H22F3NO4. The number of morpholine rings is 1. The van der Waals surface area contributed by atoms with Crippen LogP contribution in [0.3, 0.4) is 0 Å². The van der Waals surface area contributed by atoms with Crippen LogP contribution in [0.2, 0.25) is 0 Å². The summed E-state index contributed by atoms with van der Waals surface area (Å²) in [6.45, 7) is 2.01. The van der Waals surface area contributed by atoms with E-state index in [2.05, 4.69) is 0 Å². The maximum absolute atomic E-state index is 12.6. The lowest BCUT2D eigenvalue weighted by Gasteiger charge is -2.36. The van der Waals surface area contributed by atoms with E-state index in [0.717, 1.165) is 0 Å². The van der Waals surface area contributed by atoms with Crippen molar-refractivity contribution in [1.29, 1.82) is 0 Å². The summed E-state index contributed by atoms with van der Waals surface area (Å²) in [6, 6.07) is 0. The van der Waals surface area contributed by atoms with Gasteiger partial charge in [-0.1, -0.05) is 0 Å². The number of carbonyl (C=O) groups is 2. The molecule has 0 spiro atoms. The summed E-state index contributed by atoms with van der Waals surface area (Å²) >= 11 is 0. The highest BCUT2D eigenvalue weighted by Gasteiger charge is 2.42. The number of amides is 1. The van der Waals surface area contributed by atoms with E-state index in [-0.39, 0.29) is 43.7 Å². The van der Waals surface area contributed by atoms with Gasteiger partial charge in [-0.15, -0.1) is 0 Å². The number of alkyl halides is 3. The van der Waals surface area contributed by atoms with E-state index >= 15 is 0 Å². The van der Waals surface area contributed by atoms with Crippen molar-refractivity contribution in [2.75, 3.05) is 13.1 Å². The Labute approximate surface area is 132 Å². The fourth-order valence-electron chi connectivity index (χ4n) is 3.36. The van der Waals surface area contributed by atoms with E-state index in [0.29, 0.717) is 19.4 Å². The SMILES string of the molecule is C[C@@H]1CN(C(=O)CC2CCC(C(F)(F)F)CC2)CC(C(=O)O)O1. The van der Waals surface area contributed by atoms with Crippen LogP contribution in [0.25, 0.3) is 0 Å². The highest BCUT2D eigenvalue weighted by atomic mass is 19.4. The van der Waals surface area contributed by atoms with E-state index in [1.807, 2.05) is 0 Å². The molecule has 1 saturated carbocycles. The van der Waals surface area contributed by atoms with Crippen molar-refractivity contribution in [2.24, 2.45) is 11.8 Å². The molecule has 2 atom stereocenters. The second kappa shape index (κ2) is 7.07. The average Bonchev–Trinajstić information content (AvgIpc) is 2.46. The molecule has 1 amide bonds. The maximum Gasteiger partial charge on any atom is 0.391 e. The molecule has 8 heteroatoms. The number of carbonyl (C=O) groups excluding carboxylic acids is 1. The molecule has 1 aliphatic heterocycles. The smallest absolute Gasteiger partial charge is 0.391 e. The molecule has 2 rings (SSSR count). The Hall–Kier alpha value is -1.31. The summed E-state index contributed by atoms with van der Waals surface area (Å²) in [7, 11) is 0. The minimum atomic E-state index is -4.15. The minimum absolute atomic E-state index is 0.00357. The van der Waals surface area contributed by atoms with Crippen molar-refractivity contribution < 1.29 is 32.6 Å².